The highest BCUT2D eigenvalue weighted by Gasteiger charge is 2.13. The molecule has 20 heavy (non-hydrogen) atoms. The van der Waals surface area contributed by atoms with Gasteiger partial charge in [-0.2, -0.15) is 0 Å². The molecule has 0 aliphatic carbocycles. The van der Waals surface area contributed by atoms with Crippen LogP contribution in [0.2, 0.25) is 0 Å². The second-order valence-corrected chi connectivity index (χ2v) is 5.18. The van der Waals surface area contributed by atoms with Gasteiger partial charge in [-0.3, -0.25) is 0 Å². The average Bonchev–Trinajstić information content (AvgIpc) is 2.43. The van der Waals surface area contributed by atoms with Gasteiger partial charge in [-0.15, -0.1) is 0 Å². The monoisotopic (exact) mass is 276 g/mol. The van der Waals surface area contributed by atoms with Crippen LogP contribution in [-0.2, 0) is 12.8 Å². The van der Waals surface area contributed by atoms with Crippen molar-refractivity contribution in [1.29, 1.82) is 0 Å². The fourth-order valence-electron chi connectivity index (χ4n) is 2.26. The number of aliphatic hydroxyl groups excluding tert-OH is 1. The first-order valence-corrected chi connectivity index (χ1v) is 6.69. The summed E-state index contributed by atoms with van der Waals surface area (Å²) in [4.78, 5) is 0. The SMILES string of the molecule is Cc1ccc(CC(CO)Cc2ccc(F)cc2F)cc1. The van der Waals surface area contributed by atoms with Gasteiger partial charge >= 0.3 is 0 Å². The van der Waals surface area contributed by atoms with Crippen molar-refractivity contribution in [1.82, 2.24) is 0 Å². The van der Waals surface area contributed by atoms with Crippen molar-refractivity contribution in [2.24, 2.45) is 5.92 Å². The summed E-state index contributed by atoms with van der Waals surface area (Å²) in [7, 11) is 0. The third kappa shape index (κ3) is 3.87. The van der Waals surface area contributed by atoms with E-state index in [1.54, 1.807) is 0 Å². The topological polar surface area (TPSA) is 20.2 Å². The number of aliphatic hydroxyl groups is 1. The second kappa shape index (κ2) is 6.62. The molecule has 2 aromatic rings. The maximum atomic E-state index is 13.6. The van der Waals surface area contributed by atoms with E-state index in [4.69, 9.17) is 0 Å². The van der Waals surface area contributed by atoms with Crippen molar-refractivity contribution in [3.05, 3.63) is 70.8 Å². The van der Waals surface area contributed by atoms with Crippen molar-refractivity contribution in [2.75, 3.05) is 6.61 Å². The molecule has 3 heteroatoms. The van der Waals surface area contributed by atoms with Gasteiger partial charge in [0.2, 0.25) is 0 Å². The van der Waals surface area contributed by atoms with Crippen LogP contribution in [0.5, 0.6) is 0 Å². The largest absolute Gasteiger partial charge is 0.396 e. The smallest absolute Gasteiger partial charge is 0.129 e. The Bertz CT molecular complexity index is 564. The predicted molar refractivity (Wildman–Crippen MR) is 75.5 cm³/mol. The summed E-state index contributed by atoms with van der Waals surface area (Å²) in [6.45, 7) is 1.99. The van der Waals surface area contributed by atoms with E-state index in [1.165, 1.54) is 17.7 Å². The Kier molecular flexibility index (Phi) is 4.85. The summed E-state index contributed by atoms with van der Waals surface area (Å²) in [5.74, 6) is -1.20. The molecule has 0 spiro atoms. The van der Waals surface area contributed by atoms with Gasteiger partial charge in [-0.1, -0.05) is 35.9 Å². The van der Waals surface area contributed by atoms with Gasteiger partial charge in [0.1, 0.15) is 11.6 Å². The van der Waals surface area contributed by atoms with Crippen LogP contribution in [0.3, 0.4) is 0 Å². The quantitative estimate of drug-likeness (QED) is 0.883. The van der Waals surface area contributed by atoms with Crippen molar-refractivity contribution >= 4 is 0 Å². The van der Waals surface area contributed by atoms with Gasteiger partial charge in [0.25, 0.3) is 0 Å². The molecular weight excluding hydrogens is 258 g/mol. The molecule has 0 saturated heterocycles. The summed E-state index contributed by atoms with van der Waals surface area (Å²) in [5, 5.41) is 9.45. The molecule has 0 amide bonds. The molecule has 0 saturated carbocycles. The fourth-order valence-corrected chi connectivity index (χ4v) is 2.26. The molecule has 2 aromatic carbocycles. The minimum atomic E-state index is -0.578. The first kappa shape index (κ1) is 14.7. The Hall–Kier alpha value is -1.74. The van der Waals surface area contributed by atoms with Crippen molar-refractivity contribution < 1.29 is 13.9 Å². The van der Waals surface area contributed by atoms with Crippen LogP contribution < -0.4 is 0 Å². The number of halogens is 2. The molecular formula is C17H18F2O. The lowest BCUT2D eigenvalue weighted by atomic mass is 9.92. The Morgan fingerprint density at radius 2 is 1.70 bits per heavy atom. The Labute approximate surface area is 117 Å². The number of hydrogen-bond donors (Lipinski definition) is 1. The lowest BCUT2D eigenvalue weighted by Crippen LogP contribution is -2.14. The van der Waals surface area contributed by atoms with Gasteiger partial charge in [-0.05, 0) is 42.9 Å². The third-order valence-corrected chi connectivity index (χ3v) is 3.43. The third-order valence-electron chi connectivity index (χ3n) is 3.43. The van der Waals surface area contributed by atoms with Crippen LogP contribution in [-0.4, -0.2) is 11.7 Å². The van der Waals surface area contributed by atoms with Crippen LogP contribution >= 0.6 is 0 Å². The summed E-state index contributed by atoms with van der Waals surface area (Å²) in [5.41, 5.74) is 2.73. The van der Waals surface area contributed by atoms with E-state index in [2.05, 4.69) is 0 Å². The van der Waals surface area contributed by atoms with Gasteiger partial charge in [-0.25, -0.2) is 8.78 Å². The Balaban J connectivity index is 2.07. The van der Waals surface area contributed by atoms with E-state index in [-0.39, 0.29) is 12.5 Å². The van der Waals surface area contributed by atoms with E-state index < -0.39 is 11.6 Å². The minimum absolute atomic E-state index is 0.0231. The van der Waals surface area contributed by atoms with Crippen LogP contribution in [0.4, 0.5) is 8.78 Å². The predicted octanol–water partition coefficient (Wildman–Crippen LogP) is 3.67. The second-order valence-electron chi connectivity index (χ2n) is 5.18. The zero-order valence-electron chi connectivity index (χ0n) is 11.4. The molecule has 1 atom stereocenters. The maximum absolute atomic E-state index is 13.6. The van der Waals surface area contributed by atoms with E-state index in [0.717, 1.165) is 11.6 Å². The Morgan fingerprint density at radius 1 is 1.00 bits per heavy atom. The summed E-state index contributed by atoms with van der Waals surface area (Å²) in [6.07, 6.45) is 1.07. The molecule has 0 aliphatic rings. The normalized spacial score (nSPS) is 12.4. The number of hydrogen-bond acceptors (Lipinski definition) is 1. The molecule has 0 fully saturated rings. The van der Waals surface area contributed by atoms with Crippen LogP contribution in [0.15, 0.2) is 42.5 Å². The van der Waals surface area contributed by atoms with Crippen LogP contribution in [0, 0.1) is 24.5 Å². The lowest BCUT2D eigenvalue weighted by Gasteiger charge is -2.15. The fraction of sp³-hybridized carbons (Fsp3) is 0.294. The van der Waals surface area contributed by atoms with Crippen LogP contribution in [0.1, 0.15) is 16.7 Å². The summed E-state index contributed by atoms with van der Waals surface area (Å²) in [6, 6.07) is 11.6. The van der Waals surface area contributed by atoms with E-state index in [0.29, 0.717) is 18.4 Å². The molecule has 0 heterocycles. The van der Waals surface area contributed by atoms with Crippen LogP contribution in [0.25, 0.3) is 0 Å². The van der Waals surface area contributed by atoms with E-state index in [9.17, 15) is 13.9 Å². The highest BCUT2D eigenvalue weighted by atomic mass is 19.1. The minimum Gasteiger partial charge on any atom is -0.396 e. The summed E-state index contributed by atoms with van der Waals surface area (Å²) < 4.78 is 26.5. The average molecular weight is 276 g/mol. The van der Waals surface area contributed by atoms with Gasteiger partial charge in [0.15, 0.2) is 0 Å². The molecule has 0 radical (unpaired) electrons. The molecule has 0 aromatic heterocycles. The molecule has 0 bridgehead atoms. The van der Waals surface area contributed by atoms with Crippen molar-refractivity contribution in [2.45, 2.75) is 19.8 Å². The van der Waals surface area contributed by atoms with E-state index in [1.807, 2.05) is 31.2 Å². The molecule has 1 nitrogen and oxygen atoms in total. The van der Waals surface area contributed by atoms with Gasteiger partial charge in [0, 0.05) is 12.7 Å². The molecule has 2 rings (SSSR count). The zero-order chi connectivity index (χ0) is 14.5. The maximum Gasteiger partial charge on any atom is 0.129 e. The first-order chi connectivity index (χ1) is 9.58. The number of rotatable bonds is 5. The number of benzene rings is 2. The molecule has 1 N–H and O–H groups in total. The van der Waals surface area contributed by atoms with E-state index >= 15 is 0 Å². The van der Waals surface area contributed by atoms with Gasteiger partial charge < -0.3 is 5.11 Å². The standard InChI is InChI=1S/C17H18F2O/c1-12-2-4-13(5-3-12)8-14(11-20)9-15-6-7-16(18)10-17(15)19/h2-7,10,14,20H,8-9,11H2,1H3. The number of aryl methyl sites for hydroxylation is 1. The first-order valence-electron chi connectivity index (χ1n) is 6.69. The Morgan fingerprint density at radius 3 is 2.30 bits per heavy atom. The highest BCUT2D eigenvalue weighted by molar-refractivity contribution is 5.23. The highest BCUT2D eigenvalue weighted by Crippen LogP contribution is 2.18. The van der Waals surface area contributed by atoms with Crippen molar-refractivity contribution in [3.63, 3.8) is 0 Å². The molecule has 1 unspecified atom stereocenters. The van der Waals surface area contributed by atoms with Gasteiger partial charge in [0.05, 0.1) is 0 Å². The van der Waals surface area contributed by atoms with Crippen molar-refractivity contribution in [3.8, 4) is 0 Å². The lowest BCUT2D eigenvalue weighted by molar-refractivity contribution is 0.224. The molecule has 0 aliphatic heterocycles. The molecule has 106 valence electrons. The summed E-state index contributed by atoms with van der Waals surface area (Å²) >= 11 is 0. The zero-order valence-corrected chi connectivity index (χ0v) is 11.4.